The maximum atomic E-state index is 12.6. The SMILES string of the molecule is CCNc1nc(N)c(C(=O)N2CC(CO)OC(C)(C)C2)s1. The fourth-order valence-corrected chi connectivity index (χ4v) is 3.32. The van der Waals surface area contributed by atoms with Crippen molar-refractivity contribution in [2.45, 2.75) is 32.5 Å². The molecule has 1 aliphatic heterocycles. The fraction of sp³-hybridized carbons (Fsp3) is 0.692. The lowest BCUT2D eigenvalue weighted by Crippen LogP contribution is -2.55. The van der Waals surface area contributed by atoms with Gasteiger partial charge in [-0.05, 0) is 20.8 Å². The Morgan fingerprint density at radius 2 is 2.38 bits per heavy atom. The molecule has 0 spiro atoms. The molecule has 1 saturated heterocycles. The zero-order chi connectivity index (χ0) is 15.6. The fourth-order valence-electron chi connectivity index (χ4n) is 2.40. The molecule has 1 aromatic heterocycles. The highest BCUT2D eigenvalue weighted by atomic mass is 32.1. The standard InChI is InChI=1S/C13H22N4O3S/c1-4-15-12-16-10(14)9(21-12)11(19)17-5-8(6-18)20-13(2,3)7-17/h8,18H,4-7,14H2,1-3H3,(H,15,16). The van der Waals surface area contributed by atoms with Gasteiger partial charge in [-0.15, -0.1) is 0 Å². The molecule has 4 N–H and O–H groups in total. The Bertz CT molecular complexity index is 518. The van der Waals surface area contributed by atoms with E-state index in [1.165, 1.54) is 11.3 Å². The number of aromatic nitrogens is 1. The number of nitrogens with two attached hydrogens (primary N) is 1. The Balaban J connectivity index is 2.18. The summed E-state index contributed by atoms with van der Waals surface area (Å²) in [6.07, 6.45) is -0.375. The molecular weight excluding hydrogens is 292 g/mol. The van der Waals surface area contributed by atoms with Crippen molar-refractivity contribution in [2.75, 3.05) is 37.3 Å². The molecule has 1 atom stereocenters. The molecule has 1 amide bonds. The highest BCUT2D eigenvalue weighted by molar-refractivity contribution is 7.18. The number of carbonyl (C=O) groups excluding carboxylic acids is 1. The van der Waals surface area contributed by atoms with Crippen molar-refractivity contribution in [1.82, 2.24) is 9.88 Å². The molecule has 8 heteroatoms. The van der Waals surface area contributed by atoms with Crippen molar-refractivity contribution < 1.29 is 14.6 Å². The molecule has 0 saturated carbocycles. The number of morpholine rings is 1. The molecule has 0 aliphatic carbocycles. The van der Waals surface area contributed by atoms with Gasteiger partial charge in [-0.25, -0.2) is 4.98 Å². The second kappa shape index (κ2) is 6.17. The molecule has 118 valence electrons. The summed E-state index contributed by atoms with van der Waals surface area (Å²) in [5.74, 6) is 0.0785. The van der Waals surface area contributed by atoms with Crippen molar-refractivity contribution in [2.24, 2.45) is 0 Å². The van der Waals surface area contributed by atoms with Crippen LogP contribution in [0, 0.1) is 0 Å². The second-order valence-electron chi connectivity index (χ2n) is 5.63. The molecule has 0 bridgehead atoms. The third-order valence-electron chi connectivity index (χ3n) is 3.15. The van der Waals surface area contributed by atoms with E-state index in [-0.39, 0.29) is 24.4 Å². The van der Waals surface area contributed by atoms with Gasteiger partial charge in [-0.3, -0.25) is 4.79 Å². The van der Waals surface area contributed by atoms with E-state index in [1.54, 1.807) is 4.90 Å². The van der Waals surface area contributed by atoms with Crippen molar-refractivity contribution >= 4 is 28.2 Å². The number of anilines is 2. The molecule has 0 aromatic carbocycles. The summed E-state index contributed by atoms with van der Waals surface area (Å²) in [7, 11) is 0. The smallest absolute Gasteiger partial charge is 0.268 e. The van der Waals surface area contributed by atoms with E-state index in [2.05, 4.69) is 10.3 Å². The summed E-state index contributed by atoms with van der Waals surface area (Å²) in [6.45, 7) is 7.16. The predicted octanol–water partition coefficient (Wildman–Crippen LogP) is 0.769. The van der Waals surface area contributed by atoms with Gasteiger partial charge in [0.1, 0.15) is 10.7 Å². The molecule has 1 unspecified atom stereocenters. The molecule has 2 rings (SSSR count). The monoisotopic (exact) mass is 314 g/mol. The number of hydrogen-bond donors (Lipinski definition) is 3. The van der Waals surface area contributed by atoms with Crippen LogP contribution in [0.1, 0.15) is 30.4 Å². The van der Waals surface area contributed by atoms with Crippen LogP contribution >= 0.6 is 11.3 Å². The zero-order valence-electron chi connectivity index (χ0n) is 12.5. The van der Waals surface area contributed by atoms with E-state index in [1.807, 2.05) is 20.8 Å². The number of nitrogens with zero attached hydrogens (tertiary/aromatic N) is 2. The number of aliphatic hydroxyl groups is 1. The lowest BCUT2D eigenvalue weighted by Gasteiger charge is -2.42. The van der Waals surface area contributed by atoms with Gasteiger partial charge in [0.25, 0.3) is 5.91 Å². The number of nitrogens with one attached hydrogen (secondary N) is 1. The van der Waals surface area contributed by atoms with Crippen molar-refractivity contribution in [3.05, 3.63) is 4.88 Å². The van der Waals surface area contributed by atoms with Gasteiger partial charge in [0.15, 0.2) is 5.13 Å². The molecule has 0 radical (unpaired) electrons. The normalized spacial score (nSPS) is 21.3. The third-order valence-corrected chi connectivity index (χ3v) is 4.16. The number of rotatable bonds is 4. The van der Waals surface area contributed by atoms with Crippen LogP contribution in [0.5, 0.6) is 0 Å². The van der Waals surface area contributed by atoms with Gasteiger partial charge in [0, 0.05) is 19.6 Å². The van der Waals surface area contributed by atoms with Gasteiger partial charge < -0.3 is 25.8 Å². The van der Waals surface area contributed by atoms with Crippen LogP contribution in [-0.4, -0.2) is 58.8 Å². The first-order valence-corrected chi connectivity index (χ1v) is 7.76. The van der Waals surface area contributed by atoms with E-state index in [9.17, 15) is 9.90 Å². The minimum absolute atomic E-state index is 0.117. The predicted molar refractivity (Wildman–Crippen MR) is 82.6 cm³/mol. The number of carbonyl (C=O) groups is 1. The minimum Gasteiger partial charge on any atom is -0.394 e. The molecule has 7 nitrogen and oxygen atoms in total. The summed E-state index contributed by atoms with van der Waals surface area (Å²) >= 11 is 1.25. The van der Waals surface area contributed by atoms with Crippen molar-refractivity contribution in [1.29, 1.82) is 0 Å². The maximum absolute atomic E-state index is 12.6. The third kappa shape index (κ3) is 3.63. The second-order valence-corrected chi connectivity index (χ2v) is 6.63. The van der Waals surface area contributed by atoms with Gasteiger partial charge in [-0.1, -0.05) is 11.3 Å². The summed E-state index contributed by atoms with van der Waals surface area (Å²) < 4.78 is 5.71. The topological polar surface area (TPSA) is 101 Å². The van der Waals surface area contributed by atoms with Gasteiger partial charge in [0.2, 0.25) is 0 Å². The highest BCUT2D eigenvalue weighted by Crippen LogP contribution is 2.29. The average Bonchev–Trinajstić information content (AvgIpc) is 2.77. The largest absolute Gasteiger partial charge is 0.394 e. The number of nitrogen functional groups attached to an aromatic ring is 1. The Kier molecular flexibility index (Phi) is 4.70. The van der Waals surface area contributed by atoms with E-state index >= 15 is 0 Å². The lowest BCUT2D eigenvalue weighted by atomic mass is 10.1. The molecule has 1 fully saturated rings. The number of aliphatic hydroxyl groups excluding tert-OH is 1. The average molecular weight is 314 g/mol. The molecule has 2 heterocycles. The summed E-state index contributed by atoms with van der Waals surface area (Å²) in [6, 6.07) is 0. The first-order chi connectivity index (χ1) is 9.86. The van der Waals surface area contributed by atoms with Crippen molar-refractivity contribution in [3.8, 4) is 0 Å². The van der Waals surface area contributed by atoms with Crippen molar-refractivity contribution in [3.63, 3.8) is 0 Å². The number of amides is 1. The Morgan fingerprint density at radius 3 is 3.00 bits per heavy atom. The van der Waals surface area contributed by atoms with E-state index in [0.717, 1.165) is 6.54 Å². The lowest BCUT2D eigenvalue weighted by molar-refractivity contribution is -0.139. The van der Waals surface area contributed by atoms with Crippen LogP contribution in [0.3, 0.4) is 0 Å². The number of thiazole rings is 1. The minimum atomic E-state index is -0.495. The Morgan fingerprint density at radius 1 is 1.67 bits per heavy atom. The highest BCUT2D eigenvalue weighted by Gasteiger charge is 2.36. The Labute approximate surface area is 128 Å². The van der Waals surface area contributed by atoms with Crippen LogP contribution in [-0.2, 0) is 4.74 Å². The van der Waals surface area contributed by atoms with Crippen LogP contribution in [0.2, 0.25) is 0 Å². The quantitative estimate of drug-likeness (QED) is 0.759. The first kappa shape index (κ1) is 16.0. The molecule has 21 heavy (non-hydrogen) atoms. The first-order valence-electron chi connectivity index (χ1n) is 6.94. The van der Waals surface area contributed by atoms with Crippen LogP contribution in [0.4, 0.5) is 10.9 Å². The summed E-state index contributed by atoms with van der Waals surface area (Å²) in [4.78, 5) is 18.9. The van der Waals surface area contributed by atoms with Crippen LogP contribution in [0.25, 0.3) is 0 Å². The number of hydrogen-bond acceptors (Lipinski definition) is 7. The maximum Gasteiger partial charge on any atom is 0.268 e. The summed E-state index contributed by atoms with van der Waals surface area (Å²) in [5, 5.41) is 13.0. The van der Waals surface area contributed by atoms with Gasteiger partial charge in [-0.2, -0.15) is 0 Å². The van der Waals surface area contributed by atoms with Crippen LogP contribution < -0.4 is 11.1 Å². The van der Waals surface area contributed by atoms with E-state index < -0.39 is 5.60 Å². The summed E-state index contributed by atoms with van der Waals surface area (Å²) in [5.41, 5.74) is 5.35. The van der Waals surface area contributed by atoms with E-state index in [0.29, 0.717) is 23.1 Å². The van der Waals surface area contributed by atoms with Gasteiger partial charge in [0.05, 0.1) is 18.3 Å². The Hall–Kier alpha value is -1.38. The van der Waals surface area contributed by atoms with Crippen LogP contribution in [0.15, 0.2) is 0 Å². The zero-order valence-corrected chi connectivity index (χ0v) is 13.4. The molecule has 1 aliphatic rings. The van der Waals surface area contributed by atoms with E-state index in [4.69, 9.17) is 10.5 Å². The number of ether oxygens (including phenoxy) is 1. The molecule has 1 aromatic rings. The van der Waals surface area contributed by atoms with Gasteiger partial charge >= 0.3 is 0 Å². The molecular formula is C13H22N4O3S.